The molecule has 0 atom stereocenters. The summed E-state index contributed by atoms with van der Waals surface area (Å²) >= 11 is 0. The summed E-state index contributed by atoms with van der Waals surface area (Å²) in [4.78, 5) is 13.4. The Kier molecular flexibility index (Phi) is 6.14. The average Bonchev–Trinajstić information content (AvgIpc) is 2.42. The number of hydrogen-bond donors (Lipinski definition) is 1. The van der Waals surface area contributed by atoms with E-state index in [-0.39, 0.29) is 23.6 Å². The first-order valence-corrected chi connectivity index (χ1v) is 9.08. The molecule has 0 unspecified atom stereocenters. The second-order valence-corrected chi connectivity index (χ2v) is 8.36. The molecular formula is C16H26N2O3S. The summed E-state index contributed by atoms with van der Waals surface area (Å²) in [5, 5.41) is 0. The molecule has 0 fully saturated rings. The zero-order chi connectivity index (χ0) is 17.0. The van der Waals surface area contributed by atoms with Gasteiger partial charge in [0.05, 0.1) is 5.75 Å². The molecule has 5 nitrogen and oxygen atoms in total. The third kappa shape index (κ3) is 5.42. The van der Waals surface area contributed by atoms with Gasteiger partial charge in [-0.15, -0.1) is 0 Å². The molecule has 0 spiro atoms. The van der Waals surface area contributed by atoms with Crippen molar-refractivity contribution in [2.45, 2.75) is 40.0 Å². The monoisotopic (exact) mass is 326 g/mol. The molecule has 1 amide bonds. The Labute approximate surface area is 133 Å². The molecule has 0 aliphatic rings. The van der Waals surface area contributed by atoms with Crippen molar-refractivity contribution in [3.63, 3.8) is 0 Å². The van der Waals surface area contributed by atoms with Crippen LogP contribution in [0, 0.1) is 0 Å². The number of sulfonamides is 1. The zero-order valence-electron chi connectivity index (χ0n) is 14.0. The van der Waals surface area contributed by atoms with E-state index in [1.54, 1.807) is 11.8 Å². The van der Waals surface area contributed by atoms with E-state index in [4.69, 9.17) is 0 Å². The number of carbonyl (C=O) groups excluding carboxylic acids is 1. The van der Waals surface area contributed by atoms with Crippen molar-refractivity contribution in [2.24, 2.45) is 0 Å². The van der Waals surface area contributed by atoms with Crippen molar-refractivity contribution < 1.29 is 13.2 Å². The summed E-state index contributed by atoms with van der Waals surface area (Å²) in [6.07, 6.45) is 0. The predicted octanol–water partition coefficient (Wildman–Crippen LogP) is 2.28. The quantitative estimate of drug-likeness (QED) is 0.872. The van der Waals surface area contributed by atoms with Crippen LogP contribution in [0.15, 0.2) is 24.3 Å². The Hall–Kier alpha value is -1.40. The van der Waals surface area contributed by atoms with Gasteiger partial charge in [-0.25, -0.2) is 13.1 Å². The van der Waals surface area contributed by atoms with Gasteiger partial charge in [-0.2, -0.15) is 0 Å². The van der Waals surface area contributed by atoms with E-state index in [1.807, 2.05) is 24.3 Å². The molecule has 0 radical (unpaired) electrons. The Morgan fingerprint density at radius 3 is 2.14 bits per heavy atom. The number of hydrogen-bond acceptors (Lipinski definition) is 3. The number of nitrogens with one attached hydrogen (secondary N) is 1. The van der Waals surface area contributed by atoms with Gasteiger partial charge in [0, 0.05) is 25.7 Å². The van der Waals surface area contributed by atoms with Gasteiger partial charge in [0.15, 0.2) is 0 Å². The minimum atomic E-state index is -3.24. The molecule has 0 aliphatic heterocycles. The summed E-state index contributed by atoms with van der Waals surface area (Å²) in [6, 6.07) is 7.80. The molecule has 124 valence electrons. The van der Waals surface area contributed by atoms with Gasteiger partial charge >= 0.3 is 0 Å². The SMILES string of the molecule is CCS(=O)(=O)NCCN(C(C)=O)c1ccc(C(C)(C)C)cc1. The molecule has 0 saturated carbocycles. The molecule has 1 aromatic rings. The largest absolute Gasteiger partial charge is 0.311 e. The van der Waals surface area contributed by atoms with Gasteiger partial charge < -0.3 is 4.90 Å². The van der Waals surface area contributed by atoms with Gasteiger partial charge in [0.2, 0.25) is 15.9 Å². The van der Waals surface area contributed by atoms with Crippen LogP contribution >= 0.6 is 0 Å². The fourth-order valence-corrected chi connectivity index (χ4v) is 2.63. The normalized spacial score (nSPS) is 12.2. The van der Waals surface area contributed by atoms with Gasteiger partial charge in [-0.1, -0.05) is 32.9 Å². The van der Waals surface area contributed by atoms with Crippen LogP contribution in [0.4, 0.5) is 5.69 Å². The number of nitrogens with zero attached hydrogens (tertiary/aromatic N) is 1. The third-order valence-corrected chi connectivity index (χ3v) is 4.87. The van der Waals surface area contributed by atoms with E-state index < -0.39 is 10.0 Å². The minimum Gasteiger partial charge on any atom is -0.311 e. The number of amides is 1. The van der Waals surface area contributed by atoms with Gasteiger partial charge in [-0.05, 0) is 30.0 Å². The Morgan fingerprint density at radius 1 is 1.18 bits per heavy atom. The fourth-order valence-electron chi connectivity index (χ4n) is 2.02. The molecule has 0 heterocycles. The lowest BCUT2D eigenvalue weighted by Crippen LogP contribution is -2.38. The molecule has 1 N–H and O–H groups in total. The van der Waals surface area contributed by atoms with Gasteiger partial charge in [0.25, 0.3) is 0 Å². The summed E-state index contributed by atoms with van der Waals surface area (Å²) in [6.45, 7) is 9.96. The van der Waals surface area contributed by atoms with Crippen molar-refractivity contribution in [1.82, 2.24) is 4.72 Å². The lowest BCUT2D eigenvalue weighted by molar-refractivity contribution is -0.116. The van der Waals surface area contributed by atoms with E-state index in [0.29, 0.717) is 6.54 Å². The molecule has 6 heteroatoms. The number of carbonyl (C=O) groups is 1. The van der Waals surface area contributed by atoms with Crippen LogP contribution < -0.4 is 9.62 Å². The Bertz CT molecular complexity index is 601. The standard InChI is InChI=1S/C16H26N2O3S/c1-6-22(20,21)17-11-12-18(13(2)19)15-9-7-14(8-10-15)16(3,4)5/h7-10,17H,6,11-12H2,1-5H3. The van der Waals surface area contributed by atoms with E-state index in [9.17, 15) is 13.2 Å². The molecule has 0 bridgehead atoms. The van der Waals surface area contributed by atoms with Crippen LogP contribution in [-0.4, -0.2) is 33.2 Å². The number of anilines is 1. The van der Waals surface area contributed by atoms with Crippen molar-refractivity contribution >= 4 is 21.6 Å². The first-order valence-electron chi connectivity index (χ1n) is 7.43. The van der Waals surface area contributed by atoms with E-state index in [2.05, 4.69) is 25.5 Å². The van der Waals surface area contributed by atoms with Crippen LogP contribution in [-0.2, 0) is 20.2 Å². The van der Waals surface area contributed by atoms with Gasteiger partial charge in [-0.3, -0.25) is 4.79 Å². The molecule has 0 aromatic heterocycles. The summed E-state index contributed by atoms with van der Waals surface area (Å²) in [5.41, 5.74) is 2.01. The van der Waals surface area contributed by atoms with Crippen LogP contribution in [0.25, 0.3) is 0 Å². The van der Waals surface area contributed by atoms with Crippen molar-refractivity contribution in [2.75, 3.05) is 23.7 Å². The topological polar surface area (TPSA) is 66.5 Å². The summed E-state index contributed by atoms with van der Waals surface area (Å²) in [7, 11) is -3.24. The zero-order valence-corrected chi connectivity index (χ0v) is 14.8. The highest BCUT2D eigenvalue weighted by atomic mass is 32.2. The maximum atomic E-state index is 11.8. The van der Waals surface area contributed by atoms with Crippen molar-refractivity contribution in [3.05, 3.63) is 29.8 Å². The van der Waals surface area contributed by atoms with Gasteiger partial charge in [0.1, 0.15) is 0 Å². The van der Waals surface area contributed by atoms with E-state index in [0.717, 1.165) is 5.69 Å². The lowest BCUT2D eigenvalue weighted by atomic mass is 9.87. The van der Waals surface area contributed by atoms with E-state index >= 15 is 0 Å². The second-order valence-electron chi connectivity index (χ2n) is 6.27. The van der Waals surface area contributed by atoms with Crippen molar-refractivity contribution in [3.8, 4) is 0 Å². The van der Waals surface area contributed by atoms with E-state index in [1.165, 1.54) is 12.5 Å². The highest BCUT2D eigenvalue weighted by Crippen LogP contribution is 2.24. The highest BCUT2D eigenvalue weighted by molar-refractivity contribution is 7.89. The molecular weight excluding hydrogens is 300 g/mol. The first kappa shape index (κ1) is 18.6. The third-order valence-electron chi connectivity index (χ3n) is 3.46. The highest BCUT2D eigenvalue weighted by Gasteiger charge is 2.16. The molecule has 22 heavy (non-hydrogen) atoms. The average molecular weight is 326 g/mol. The maximum Gasteiger partial charge on any atom is 0.223 e. The van der Waals surface area contributed by atoms with Crippen LogP contribution in [0.2, 0.25) is 0 Å². The number of rotatable bonds is 6. The smallest absolute Gasteiger partial charge is 0.223 e. The lowest BCUT2D eigenvalue weighted by Gasteiger charge is -2.24. The first-order chi connectivity index (χ1) is 10.1. The molecule has 1 aromatic carbocycles. The minimum absolute atomic E-state index is 0.0351. The predicted molar refractivity (Wildman–Crippen MR) is 90.6 cm³/mol. The Balaban J connectivity index is 2.82. The summed E-state index contributed by atoms with van der Waals surface area (Å²) in [5.74, 6) is -0.0768. The molecule has 1 rings (SSSR count). The van der Waals surface area contributed by atoms with Crippen molar-refractivity contribution in [1.29, 1.82) is 0 Å². The maximum absolute atomic E-state index is 11.8. The van der Waals surface area contributed by atoms with Crippen LogP contribution in [0.3, 0.4) is 0 Å². The Morgan fingerprint density at radius 2 is 1.73 bits per heavy atom. The molecule has 0 saturated heterocycles. The fraction of sp³-hybridized carbons (Fsp3) is 0.562. The second kappa shape index (κ2) is 7.24. The molecule has 0 aliphatic carbocycles. The summed E-state index contributed by atoms with van der Waals surface area (Å²) < 4.78 is 25.3. The number of benzene rings is 1. The van der Waals surface area contributed by atoms with Crippen LogP contribution in [0.1, 0.15) is 40.2 Å². The van der Waals surface area contributed by atoms with Crippen LogP contribution in [0.5, 0.6) is 0 Å².